The van der Waals surface area contributed by atoms with Gasteiger partial charge in [-0.25, -0.2) is 15.0 Å². The monoisotopic (exact) mass is 728 g/mol. The van der Waals surface area contributed by atoms with E-state index in [-0.39, 0.29) is 22.4 Å². The smallest absolute Gasteiger partial charge is 0.160 e. The van der Waals surface area contributed by atoms with Gasteiger partial charge in [0.25, 0.3) is 0 Å². The molecule has 0 fully saturated rings. The van der Waals surface area contributed by atoms with Crippen molar-refractivity contribution in [2.75, 3.05) is 4.90 Å². The molecule has 0 unspecified atom stereocenters. The number of rotatable bonds is 7. The fourth-order valence-electron chi connectivity index (χ4n) is 6.06. The van der Waals surface area contributed by atoms with Crippen molar-refractivity contribution in [2.45, 2.75) is 0 Å². The van der Waals surface area contributed by atoms with Gasteiger partial charge in [0.1, 0.15) is 0 Å². The lowest BCUT2D eigenvalue weighted by molar-refractivity contribution is 1.18. The molecule has 55 heavy (non-hydrogen) atoms. The van der Waals surface area contributed by atoms with Crippen LogP contribution in [0.5, 0.6) is 0 Å². The van der Waals surface area contributed by atoms with Gasteiger partial charge in [0.2, 0.25) is 0 Å². The molecular weight excluding hydrogens is 669 g/mol. The van der Waals surface area contributed by atoms with Crippen LogP contribution in [0.1, 0.15) is 35.6 Å². The molecule has 0 atom stereocenters. The first-order chi connectivity index (χ1) is 38.0. The largest absolute Gasteiger partial charge is 0.310 e. The second-order valence-corrected chi connectivity index (χ2v) is 11.6. The van der Waals surface area contributed by atoms with Gasteiger partial charge in [0, 0.05) is 55.2 Å². The Morgan fingerprint density at radius 1 is 0.418 bits per heavy atom. The van der Waals surface area contributed by atoms with Gasteiger partial charge >= 0.3 is 0 Å². The SMILES string of the molecule is [2H]c1ccc(-c2nc(-c3c([2H])c([2H])c([2H])c(-c4nc5c([2H])cc([2H])c([2H])c5c5c4c([2H])cc4cc([2H])c([2H])c(N(c6c([2H])cc([2H])c([2H])c6[2H])c6c([2H])c([2H])c([2H])c([2H])c6[2H])c45)c3[2H])nc(-c3c([2H])ccc([2H])c3[2H])c2[2H])c([2H])c1[2H]. The normalized spacial score (nSPS) is 17.9. The molecule has 10 aromatic rings. The van der Waals surface area contributed by atoms with Gasteiger partial charge < -0.3 is 4.90 Å². The van der Waals surface area contributed by atoms with Crippen molar-refractivity contribution >= 4 is 49.5 Å². The standard InChI is InChI=1S/C51H34N4/c1-5-17-35(18-6-1)45-34-46(36-19-7-2-8-20-36)54-51(53-45)39-23-15-22-38(33-39)50-43-32-31-37-21-16-30-47(48(37)49(43)42-28-13-14-29-44(42)52-50)55(40-24-9-3-10-25-40)41-26-11-4-12-27-41/h1-34H/i1D,3D,4D,5D,7D,9D,10D,11D,13D,15D,16D,17D,19D,20D,22D,23D,24D,25D,26D,27D,28D,29D,30D,32D,33D,34D. The van der Waals surface area contributed by atoms with E-state index in [9.17, 15) is 15.1 Å². The molecule has 4 nitrogen and oxygen atoms in total. The zero-order valence-corrected chi connectivity index (χ0v) is 27.9. The minimum absolute atomic E-state index is 0.186. The molecule has 0 saturated carbocycles. The van der Waals surface area contributed by atoms with Gasteiger partial charge in [0.05, 0.1) is 63.9 Å². The third kappa shape index (κ3) is 5.96. The third-order valence-electron chi connectivity index (χ3n) is 8.38. The van der Waals surface area contributed by atoms with E-state index in [2.05, 4.69) is 15.0 Å². The van der Waals surface area contributed by atoms with E-state index < -0.39 is 229 Å². The molecular formula is C51H34N4. The maximum absolute atomic E-state index is 9.97. The Labute approximate surface area is 356 Å². The number of nitrogens with zero attached hydrogens (tertiary/aromatic N) is 4. The second-order valence-electron chi connectivity index (χ2n) is 11.6. The van der Waals surface area contributed by atoms with E-state index in [4.69, 9.17) is 20.6 Å². The lowest BCUT2D eigenvalue weighted by Gasteiger charge is -2.27. The van der Waals surface area contributed by atoms with Crippen LogP contribution in [0, 0.1) is 0 Å². The van der Waals surface area contributed by atoms with Gasteiger partial charge in [0.15, 0.2) is 5.82 Å². The topological polar surface area (TPSA) is 41.9 Å². The molecule has 0 N–H and O–H groups in total. The summed E-state index contributed by atoms with van der Waals surface area (Å²) in [7, 11) is 0. The average Bonchev–Trinajstić information content (AvgIpc) is 3.54. The lowest BCUT2D eigenvalue weighted by atomic mass is 9.93. The summed E-state index contributed by atoms with van der Waals surface area (Å²) in [5, 5.41) is -1.92. The summed E-state index contributed by atoms with van der Waals surface area (Å²) in [4.78, 5) is 14.3. The number of para-hydroxylation sites is 3. The molecule has 10 rings (SSSR count). The highest BCUT2D eigenvalue weighted by atomic mass is 15.1. The number of aromatic nitrogens is 3. The Kier molecular flexibility index (Phi) is 3.81. The first-order valence-corrected chi connectivity index (χ1v) is 16.4. The lowest BCUT2D eigenvalue weighted by Crippen LogP contribution is -2.10. The van der Waals surface area contributed by atoms with E-state index in [1.54, 1.807) is 0 Å². The second kappa shape index (κ2) is 13.8. The summed E-state index contributed by atoms with van der Waals surface area (Å²) in [5.41, 5.74) is -6.45. The van der Waals surface area contributed by atoms with Crippen molar-refractivity contribution in [3.8, 4) is 45.2 Å². The predicted molar refractivity (Wildman–Crippen MR) is 229 cm³/mol. The van der Waals surface area contributed by atoms with E-state index in [1.807, 2.05) is 0 Å². The number of hydrogen-bond donors (Lipinski definition) is 0. The van der Waals surface area contributed by atoms with Crippen molar-refractivity contribution in [1.29, 1.82) is 0 Å². The van der Waals surface area contributed by atoms with Crippen molar-refractivity contribution in [3.05, 3.63) is 206 Å². The molecule has 0 amide bonds. The number of benzene rings is 8. The zero-order chi connectivity index (χ0) is 59.2. The Hall–Kier alpha value is -7.43. The summed E-state index contributed by atoms with van der Waals surface area (Å²) in [5.74, 6) is -0.700. The molecule has 0 aliphatic rings. The van der Waals surface area contributed by atoms with Gasteiger partial charge in [-0.1, -0.05) is 157 Å². The Bertz CT molecular complexity index is 4480. The van der Waals surface area contributed by atoms with Crippen molar-refractivity contribution in [1.82, 2.24) is 15.0 Å². The number of hydrogen-bond acceptors (Lipinski definition) is 4. The van der Waals surface area contributed by atoms with Crippen LogP contribution in [0.2, 0.25) is 0 Å². The van der Waals surface area contributed by atoms with Crippen LogP contribution in [0.4, 0.5) is 17.1 Å². The molecule has 0 radical (unpaired) electrons. The predicted octanol–water partition coefficient (Wildman–Crippen LogP) is 13.5. The molecule has 0 spiro atoms. The van der Waals surface area contributed by atoms with Crippen LogP contribution in [-0.4, -0.2) is 15.0 Å². The third-order valence-corrected chi connectivity index (χ3v) is 8.38. The van der Waals surface area contributed by atoms with Gasteiger partial charge in [-0.15, -0.1) is 0 Å². The minimum atomic E-state index is -0.977. The first kappa shape index (κ1) is 15.1. The van der Waals surface area contributed by atoms with Gasteiger partial charge in [-0.3, -0.25) is 0 Å². The number of pyridine rings is 1. The molecule has 0 bridgehead atoms. The molecule has 0 aliphatic heterocycles. The number of anilines is 3. The molecule has 2 heterocycles. The summed E-state index contributed by atoms with van der Waals surface area (Å²) in [6.07, 6.45) is 0. The van der Waals surface area contributed by atoms with Crippen molar-refractivity contribution < 1.29 is 35.6 Å². The fourth-order valence-corrected chi connectivity index (χ4v) is 6.06. The highest BCUT2D eigenvalue weighted by Gasteiger charge is 2.20. The molecule has 0 saturated heterocycles. The highest BCUT2D eigenvalue weighted by molar-refractivity contribution is 6.26. The van der Waals surface area contributed by atoms with E-state index >= 15 is 0 Å². The van der Waals surface area contributed by atoms with Crippen molar-refractivity contribution in [2.24, 2.45) is 0 Å². The summed E-state index contributed by atoms with van der Waals surface area (Å²) in [6, 6.07) is -10.6. The van der Waals surface area contributed by atoms with E-state index in [0.29, 0.717) is 4.90 Å². The zero-order valence-electron chi connectivity index (χ0n) is 53.9. The van der Waals surface area contributed by atoms with Crippen LogP contribution in [-0.2, 0) is 0 Å². The Morgan fingerprint density at radius 3 is 2.09 bits per heavy atom. The maximum Gasteiger partial charge on any atom is 0.160 e. The van der Waals surface area contributed by atoms with Crippen molar-refractivity contribution in [3.63, 3.8) is 0 Å². The van der Waals surface area contributed by atoms with Crippen LogP contribution < -0.4 is 4.90 Å². The molecule has 4 heteroatoms. The molecule has 0 aliphatic carbocycles. The molecule has 2 aromatic heterocycles. The van der Waals surface area contributed by atoms with Crippen LogP contribution in [0.15, 0.2) is 206 Å². The van der Waals surface area contributed by atoms with Crippen LogP contribution in [0.25, 0.3) is 77.6 Å². The fraction of sp³-hybridized carbons (Fsp3) is 0. The van der Waals surface area contributed by atoms with Gasteiger partial charge in [-0.05, 0) is 53.7 Å². The first-order valence-electron chi connectivity index (χ1n) is 29.4. The summed E-state index contributed by atoms with van der Waals surface area (Å²) >= 11 is 0. The van der Waals surface area contributed by atoms with Crippen LogP contribution >= 0.6 is 0 Å². The van der Waals surface area contributed by atoms with E-state index in [0.717, 1.165) is 42.5 Å². The van der Waals surface area contributed by atoms with Crippen LogP contribution in [0.3, 0.4) is 0 Å². The number of fused-ring (bicyclic) bond motifs is 5. The Morgan fingerprint density at radius 2 is 1.16 bits per heavy atom. The molecule has 8 aromatic carbocycles. The van der Waals surface area contributed by atoms with Gasteiger partial charge in [-0.2, -0.15) is 0 Å². The van der Waals surface area contributed by atoms with E-state index in [1.165, 1.54) is 6.07 Å². The Balaban J connectivity index is 1.43. The minimum Gasteiger partial charge on any atom is -0.310 e. The summed E-state index contributed by atoms with van der Waals surface area (Å²) in [6.45, 7) is 0. The maximum atomic E-state index is 9.97. The quantitative estimate of drug-likeness (QED) is 0.153. The summed E-state index contributed by atoms with van der Waals surface area (Å²) < 4.78 is 234. The molecule has 258 valence electrons. The average molecular weight is 729 g/mol. The highest BCUT2D eigenvalue weighted by Crippen LogP contribution is 2.45.